The van der Waals surface area contributed by atoms with Crippen LogP contribution in [0.4, 0.5) is 0 Å². The van der Waals surface area contributed by atoms with Gasteiger partial charge in [-0.3, -0.25) is 4.98 Å². The average molecular weight is 354 g/mol. The number of nitrogens with zero attached hydrogens (tertiary/aromatic N) is 1. The molecule has 0 aliphatic carbocycles. The van der Waals surface area contributed by atoms with Crippen LogP contribution in [0.5, 0.6) is 5.75 Å². The Morgan fingerprint density at radius 3 is 2.32 bits per heavy atom. The first-order chi connectivity index (χ1) is 12.0. The van der Waals surface area contributed by atoms with Crippen molar-refractivity contribution in [2.24, 2.45) is 0 Å². The van der Waals surface area contributed by atoms with E-state index in [0.717, 1.165) is 0 Å². The molecule has 3 aromatic rings. The van der Waals surface area contributed by atoms with Crippen LogP contribution in [0.3, 0.4) is 0 Å². The largest absolute Gasteiger partial charge is 0.491 e. The van der Waals surface area contributed by atoms with Crippen molar-refractivity contribution in [1.82, 2.24) is 4.98 Å². The standard InChI is InChI=1S/C21H20ClNO2/c1-15(2)25-20-8-4-3-7-19(20)21(24,17-6-5-13-23-14-17)16-9-11-18(22)12-10-16/h3-15,24H,1-2H3. The van der Waals surface area contributed by atoms with E-state index in [2.05, 4.69) is 4.98 Å². The normalized spacial score (nSPS) is 13.5. The van der Waals surface area contributed by atoms with Crippen molar-refractivity contribution in [2.75, 3.05) is 0 Å². The Kier molecular flexibility index (Phi) is 5.07. The van der Waals surface area contributed by atoms with Gasteiger partial charge in [0.05, 0.1) is 6.10 Å². The van der Waals surface area contributed by atoms with Gasteiger partial charge in [0.2, 0.25) is 0 Å². The van der Waals surface area contributed by atoms with Gasteiger partial charge in [0.25, 0.3) is 0 Å². The Labute approximate surface area is 152 Å². The highest BCUT2D eigenvalue weighted by molar-refractivity contribution is 6.30. The fourth-order valence-corrected chi connectivity index (χ4v) is 2.99. The number of hydrogen-bond donors (Lipinski definition) is 1. The van der Waals surface area contributed by atoms with Crippen LogP contribution in [-0.4, -0.2) is 16.2 Å². The van der Waals surface area contributed by atoms with Crippen LogP contribution in [0.15, 0.2) is 73.1 Å². The number of halogens is 1. The van der Waals surface area contributed by atoms with E-state index < -0.39 is 5.60 Å². The van der Waals surface area contributed by atoms with Crippen LogP contribution in [-0.2, 0) is 5.60 Å². The van der Waals surface area contributed by atoms with E-state index >= 15 is 0 Å². The maximum absolute atomic E-state index is 11.8. The molecule has 0 saturated heterocycles. The number of aliphatic hydroxyl groups is 1. The van der Waals surface area contributed by atoms with Gasteiger partial charge in [-0.25, -0.2) is 0 Å². The molecule has 1 heterocycles. The first-order valence-electron chi connectivity index (χ1n) is 8.17. The molecule has 0 radical (unpaired) electrons. The summed E-state index contributed by atoms with van der Waals surface area (Å²) in [6.45, 7) is 3.92. The van der Waals surface area contributed by atoms with Crippen molar-refractivity contribution in [2.45, 2.75) is 25.6 Å². The zero-order chi connectivity index (χ0) is 17.9. The predicted molar refractivity (Wildman–Crippen MR) is 100.0 cm³/mol. The molecule has 0 fully saturated rings. The molecule has 0 bridgehead atoms. The first kappa shape index (κ1) is 17.5. The second-order valence-corrected chi connectivity index (χ2v) is 6.56. The van der Waals surface area contributed by atoms with Gasteiger partial charge >= 0.3 is 0 Å². The van der Waals surface area contributed by atoms with E-state index in [1.54, 1.807) is 24.5 Å². The third-order valence-electron chi connectivity index (χ3n) is 3.98. The van der Waals surface area contributed by atoms with Gasteiger partial charge in [-0.15, -0.1) is 0 Å². The number of rotatable bonds is 5. The number of hydrogen-bond acceptors (Lipinski definition) is 3. The number of para-hydroxylation sites is 1. The first-order valence-corrected chi connectivity index (χ1v) is 8.54. The molecule has 1 N–H and O–H groups in total. The van der Waals surface area contributed by atoms with Gasteiger partial charge in [0, 0.05) is 28.5 Å². The number of ether oxygens (including phenoxy) is 1. The predicted octanol–water partition coefficient (Wildman–Crippen LogP) is 4.81. The van der Waals surface area contributed by atoms with Gasteiger partial charge in [-0.2, -0.15) is 0 Å². The highest BCUT2D eigenvalue weighted by atomic mass is 35.5. The highest BCUT2D eigenvalue weighted by Crippen LogP contribution is 2.41. The van der Waals surface area contributed by atoms with E-state index in [-0.39, 0.29) is 6.10 Å². The summed E-state index contributed by atoms with van der Waals surface area (Å²) < 4.78 is 5.95. The Hall–Kier alpha value is -2.36. The molecule has 0 aliphatic rings. The van der Waals surface area contributed by atoms with Crippen LogP contribution in [0.2, 0.25) is 5.02 Å². The third-order valence-corrected chi connectivity index (χ3v) is 4.23. The zero-order valence-electron chi connectivity index (χ0n) is 14.2. The van der Waals surface area contributed by atoms with E-state index in [9.17, 15) is 5.11 Å². The molecule has 0 saturated carbocycles. The molecule has 1 aromatic heterocycles. The summed E-state index contributed by atoms with van der Waals surface area (Å²) >= 11 is 6.04. The van der Waals surface area contributed by atoms with Crippen molar-refractivity contribution in [3.05, 3.63) is 94.8 Å². The summed E-state index contributed by atoms with van der Waals surface area (Å²) in [5.41, 5.74) is 0.630. The van der Waals surface area contributed by atoms with Crippen molar-refractivity contribution >= 4 is 11.6 Å². The lowest BCUT2D eigenvalue weighted by atomic mass is 9.80. The Balaban J connectivity index is 2.24. The Morgan fingerprint density at radius 1 is 0.960 bits per heavy atom. The minimum Gasteiger partial charge on any atom is -0.491 e. The molecule has 3 nitrogen and oxygen atoms in total. The van der Waals surface area contributed by atoms with Crippen LogP contribution in [0.25, 0.3) is 0 Å². The molecule has 4 heteroatoms. The lowest BCUT2D eigenvalue weighted by Gasteiger charge is -2.31. The third kappa shape index (κ3) is 3.53. The molecule has 0 spiro atoms. The summed E-state index contributed by atoms with van der Waals surface area (Å²) in [6, 6.07) is 18.4. The van der Waals surface area contributed by atoms with Crippen LogP contribution >= 0.6 is 11.6 Å². The second-order valence-electron chi connectivity index (χ2n) is 6.12. The van der Waals surface area contributed by atoms with Gasteiger partial charge in [-0.05, 0) is 43.7 Å². The number of benzene rings is 2. The summed E-state index contributed by atoms with van der Waals surface area (Å²) in [6.07, 6.45) is 3.34. The topological polar surface area (TPSA) is 42.4 Å². The Morgan fingerprint density at radius 2 is 1.68 bits per heavy atom. The van der Waals surface area contributed by atoms with Crippen molar-refractivity contribution in [3.8, 4) is 5.75 Å². The van der Waals surface area contributed by atoms with Crippen LogP contribution in [0, 0.1) is 0 Å². The van der Waals surface area contributed by atoms with Gasteiger partial charge in [0.15, 0.2) is 0 Å². The van der Waals surface area contributed by atoms with Gasteiger partial charge in [-0.1, -0.05) is 48.0 Å². The number of aromatic nitrogens is 1. The zero-order valence-corrected chi connectivity index (χ0v) is 14.9. The monoisotopic (exact) mass is 353 g/mol. The van der Waals surface area contributed by atoms with Crippen molar-refractivity contribution in [3.63, 3.8) is 0 Å². The lowest BCUT2D eigenvalue weighted by Crippen LogP contribution is -2.30. The summed E-state index contributed by atoms with van der Waals surface area (Å²) in [5, 5.41) is 12.5. The van der Waals surface area contributed by atoms with Crippen LogP contribution < -0.4 is 4.74 Å². The van der Waals surface area contributed by atoms with Crippen molar-refractivity contribution in [1.29, 1.82) is 0 Å². The molecular weight excluding hydrogens is 334 g/mol. The highest BCUT2D eigenvalue weighted by Gasteiger charge is 2.36. The SMILES string of the molecule is CC(C)Oc1ccccc1C(O)(c1ccc(Cl)cc1)c1cccnc1. The fraction of sp³-hybridized carbons (Fsp3) is 0.190. The maximum Gasteiger partial charge on any atom is 0.145 e. The van der Waals surface area contributed by atoms with Crippen LogP contribution in [0.1, 0.15) is 30.5 Å². The molecule has 25 heavy (non-hydrogen) atoms. The molecular formula is C21H20ClNO2. The molecule has 0 amide bonds. The fourth-order valence-electron chi connectivity index (χ4n) is 2.87. The smallest absolute Gasteiger partial charge is 0.145 e. The van der Waals surface area contributed by atoms with E-state index in [4.69, 9.17) is 16.3 Å². The van der Waals surface area contributed by atoms with Gasteiger partial charge in [0.1, 0.15) is 11.4 Å². The molecule has 1 atom stereocenters. The minimum atomic E-state index is -1.40. The van der Waals surface area contributed by atoms with Crippen molar-refractivity contribution < 1.29 is 9.84 Å². The molecule has 0 aliphatic heterocycles. The summed E-state index contributed by atoms with van der Waals surface area (Å²) in [7, 11) is 0. The summed E-state index contributed by atoms with van der Waals surface area (Å²) in [5.74, 6) is 0.638. The molecule has 1 unspecified atom stereocenters. The Bertz CT molecular complexity index is 834. The second kappa shape index (κ2) is 7.26. The summed E-state index contributed by atoms with van der Waals surface area (Å²) in [4.78, 5) is 4.18. The molecule has 2 aromatic carbocycles. The maximum atomic E-state index is 11.8. The van der Waals surface area contributed by atoms with E-state index in [1.165, 1.54) is 0 Å². The van der Waals surface area contributed by atoms with E-state index in [1.807, 2.05) is 62.4 Å². The van der Waals surface area contributed by atoms with Gasteiger partial charge < -0.3 is 9.84 Å². The quantitative estimate of drug-likeness (QED) is 0.716. The average Bonchev–Trinajstić information content (AvgIpc) is 2.62. The molecule has 128 valence electrons. The molecule has 3 rings (SSSR count). The number of pyridine rings is 1. The van der Waals surface area contributed by atoms with E-state index in [0.29, 0.717) is 27.5 Å². The minimum absolute atomic E-state index is 0.00971. The lowest BCUT2D eigenvalue weighted by molar-refractivity contribution is 0.117.